The second kappa shape index (κ2) is 14.9. The van der Waals surface area contributed by atoms with Gasteiger partial charge in [-0.25, -0.2) is 9.18 Å². The molecule has 0 radical (unpaired) electrons. The zero-order chi connectivity index (χ0) is 38.4. The summed E-state index contributed by atoms with van der Waals surface area (Å²) in [5.41, 5.74) is 3.95. The van der Waals surface area contributed by atoms with E-state index < -0.39 is 23.7 Å². The fourth-order valence-corrected chi connectivity index (χ4v) is 8.75. The summed E-state index contributed by atoms with van der Waals surface area (Å²) in [7, 11) is 5.52. The van der Waals surface area contributed by atoms with Crippen LogP contribution in [0.25, 0.3) is 17.2 Å². The van der Waals surface area contributed by atoms with Gasteiger partial charge in [0, 0.05) is 63.2 Å². The first-order valence-corrected chi connectivity index (χ1v) is 19.1. The van der Waals surface area contributed by atoms with Crippen molar-refractivity contribution in [2.75, 3.05) is 44.0 Å². The molecule has 14 heteroatoms. The van der Waals surface area contributed by atoms with E-state index in [2.05, 4.69) is 33.5 Å². The van der Waals surface area contributed by atoms with Crippen LogP contribution in [0.1, 0.15) is 67.8 Å². The Kier molecular flexibility index (Phi) is 9.84. The van der Waals surface area contributed by atoms with Crippen LogP contribution in [0.2, 0.25) is 0 Å². The number of methoxy groups -OCH3 is 1. The summed E-state index contributed by atoms with van der Waals surface area (Å²) in [5, 5.41) is 11.7. The molecule has 8 rings (SSSR count). The fourth-order valence-electron chi connectivity index (χ4n) is 8.75. The van der Waals surface area contributed by atoms with Gasteiger partial charge in [0.1, 0.15) is 23.0 Å². The van der Waals surface area contributed by atoms with Crippen LogP contribution in [0.3, 0.4) is 0 Å². The lowest BCUT2D eigenvalue weighted by Crippen LogP contribution is -2.45. The number of benzene rings is 3. The Morgan fingerprint density at radius 1 is 1.02 bits per heavy atom. The molecule has 1 aliphatic carbocycles. The van der Waals surface area contributed by atoms with Crippen molar-refractivity contribution in [3.05, 3.63) is 87.0 Å². The van der Waals surface area contributed by atoms with Gasteiger partial charge in [0.05, 0.1) is 40.3 Å². The molecule has 0 bridgehead atoms. The van der Waals surface area contributed by atoms with Crippen LogP contribution in [-0.4, -0.2) is 82.0 Å². The predicted molar refractivity (Wildman–Crippen MR) is 206 cm³/mol. The molecule has 3 fully saturated rings. The van der Waals surface area contributed by atoms with Gasteiger partial charge in [-0.1, -0.05) is 22.9 Å². The highest BCUT2D eigenvalue weighted by Crippen LogP contribution is 2.33. The molecule has 286 valence electrons. The van der Waals surface area contributed by atoms with Gasteiger partial charge in [-0.05, 0) is 75.4 Å². The first-order valence-electron chi connectivity index (χ1n) is 19.1. The molecule has 1 saturated carbocycles. The molecule has 2 saturated heterocycles. The predicted octanol–water partition coefficient (Wildman–Crippen LogP) is 3.25. The minimum absolute atomic E-state index is 0.0350. The minimum Gasteiger partial charge on any atom is -0.494 e. The number of halogens is 1. The van der Waals surface area contributed by atoms with E-state index in [1.807, 2.05) is 29.1 Å². The van der Waals surface area contributed by atoms with E-state index in [9.17, 15) is 23.6 Å². The molecule has 4 aliphatic rings. The number of fused-ring (bicyclic) bond motifs is 2. The monoisotopic (exact) mass is 749 g/mol. The van der Waals surface area contributed by atoms with Gasteiger partial charge in [0.2, 0.25) is 18.0 Å². The van der Waals surface area contributed by atoms with Crippen molar-refractivity contribution < 1.29 is 28.2 Å². The Labute approximate surface area is 317 Å². The largest absolute Gasteiger partial charge is 0.494 e. The molecule has 3 amide bonds. The normalized spacial score (nSPS) is 20.3. The van der Waals surface area contributed by atoms with E-state index in [-0.39, 0.29) is 23.6 Å². The number of nitrogens with one attached hydrogen (secondary N) is 2. The van der Waals surface area contributed by atoms with Gasteiger partial charge in [-0.15, -0.1) is 0 Å². The second-order valence-electron chi connectivity index (χ2n) is 15.1. The van der Waals surface area contributed by atoms with E-state index in [0.29, 0.717) is 35.3 Å². The van der Waals surface area contributed by atoms with E-state index >= 15 is 0 Å². The van der Waals surface area contributed by atoms with Crippen molar-refractivity contribution in [2.24, 2.45) is 18.1 Å². The van der Waals surface area contributed by atoms with E-state index in [1.165, 1.54) is 25.0 Å². The number of hydrogen-bond acceptors (Lipinski definition) is 8. The first-order chi connectivity index (χ1) is 26.6. The molecule has 1 atom stereocenters. The summed E-state index contributed by atoms with van der Waals surface area (Å²) in [6.45, 7) is 2.75. The highest BCUT2D eigenvalue weighted by Gasteiger charge is 2.33. The van der Waals surface area contributed by atoms with Crippen LogP contribution in [0.15, 0.2) is 64.5 Å². The Bertz CT molecular complexity index is 2420. The average Bonchev–Trinajstić information content (AvgIpc) is 3.72. The third-order valence-electron chi connectivity index (χ3n) is 11.8. The molecule has 3 aromatic carbocycles. The Morgan fingerprint density at radius 2 is 1.78 bits per heavy atom. The van der Waals surface area contributed by atoms with Gasteiger partial charge in [-0.2, -0.15) is 0 Å². The molecule has 2 N–H and O–H groups in total. The topological polar surface area (TPSA) is 133 Å². The van der Waals surface area contributed by atoms with Gasteiger partial charge in [0.25, 0.3) is 5.91 Å². The second-order valence-corrected chi connectivity index (χ2v) is 15.1. The molecule has 4 heterocycles. The number of para-hydroxylation sites is 1. The summed E-state index contributed by atoms with van der Waals surface area (Å²) in [5.74, 6) is -0.826. The van der Waals surface area contributed by atoms with Crippen molar-refractivity contribution in [3.8, 4) is 5.75 Å². The van der Waals surface area contributed by atoms with Gasteiger partial charge < -0.3 is 19.9 Å². The standard InChI is InChI=1S/C41H45FN8O5/c1-46(27-17-19-48(20-18-27)33-9-6-10-34-38(33)47(2)41(54)50(34)35-15-16-37(51)44-40(35)53)23-25-11-13-28(14-12-25)49-24-26-21-32(36(55-3)22-31(26)45-49)43-39(52)29-7-4-5-8-30(29)42/h4-10,21-22,24-25,27,35H,11-20,23H2,1-3H3,(H-,43,44,51,52,53)/p+1. The number of anilines is 2. The number of carbonyl (C=O) groups is 3. The van der Waals surface area contributed by atoms with Crippen LogP contribution in [0, 0.1) is 11.7 Å². The number of amides is 3. The molecule has 0 spiro atoms. The number of rotatable bonds is 8. The van der Waals surface area contributed by atoms with Crippen molar-refractivity contribution in [1.29, 1.82) is 0 Å². The number of aryl methyl sites for hydroxylation is 1. The molecular formula is C41H46FN8O5+. The number of aromatic nitrogens is 2. The number of piperidine rings is 2. The number of ether oxygens (including phenoxy) is 1. The van der Waals surface area contributed by atoms with E-state index in [1.54, 1.807) is 34.4 Å². The Hall–Kier alpha value is -5.63. The third-order valence-corrected chi connectivity index (χ3v) is 11.8. The summed E-state index contributed by atoms with van der Waals surface area (Å²) in [6, 6.07) is 15.1. The van der Waals surface area contributed by atoms with Crippen molar-refractivity contribution >= 4 is 52.0 Å². The highest BCUT2D eigenvalue weighted by atomic mass is 19.1. The third kappa shape index (κ3) is 6.95. The van der Waals surface area contributed by atoms with Crippen LogP contribution in [0.5, 0.6) is 5.75 Å². The van der Waals surface area contributed by atoms with Crippen LogP contribution < -0.4 is 36.5 Å². The zero-order valence-corrected chi connectivity index (χ0v) is 31.4. The Morgan fingerprint density at radius 3 is 2.51 bits per heavy atom. The maximum atomic E-state index is 14.2. The maximum absolute atomic E-state index is 14.2. The smallest absolute Gasteiger partial charge is 0.329 e. The number of carbonyl (C=O) groups excluding carboxylic acids is 3. The maximum Gasteiger partial charge on any atom is 0.329 e. The molecule has 1 unspecified atom stereocenters. The lowest BCUT2D eigenvalue weighted by atomic mass is 9.87. The van der Waals surface area contributed by atoms with Crippen molar-refractivity contribution in [1.82, 2.24) is 19.4 Å². The number of hydrogen-bond donors (Lipinski definition) is 2. The summed E-state index contributed by atoms with van der Waals surface area (Å²) < 4.78 is 25.0. The van der Waals surface area contributed by atoms with Crippen molar-refractivity contribution in [2.45, 2.75) is 63.5 Å². The summed E-state index contributed by atoms with van der Waals surface area (Å²) in [6.07, 6.45) is 8.56. The van der Waals surface area contributed by atoms with E-state index in [4.69, 9.17) is 9.84 Å². The molecule has 1 aromatic heterocycles. The molecular weight excluding hydrogens is 704 g/mol. The van der Waals surface area contributed by atoms with Crippen LogP contribution >= 0.6 is 0 Å². The minimum atomic E-state index is -0.705. The van der Waals surface area contributed by atoms with Gasteiger partial charge in [-0.3, -0.25) is 28.8 Å². The summed E-state index contributed by atoms with van der Waals surface area (Å²) in [4.78, 5) is 55.6. The lowest BCUT2D eigenvalue weighted by molar-refractivity contribution is -0.430. The van der Waals surface area contributed by atoms with Gasteiger partial charge in [0.15, 0.2) is 5.71 Å². The quantitative estimate of drug-likeness (QED) is 0.209. The van der Waals surface area contributed by atoms with E-state index in [0.717, 1.165) is 79.9 Å². The first kappa shape index (κ1) is 36.4. The molecule has 13 nitrogen and oxygen atoms in total. The fraction of sp³-hybridized carbons (Fsp3) is 0.415. The van der Waals surface area contributed by atoms with Gasteiger partial charge >= 0.3 is 5.69 Å². The summed E-state index contributed by atoms with van der Waals surface area (Å²) >= 11 is 0. The number of imidazole rings is 1. The number of nitrogens with zero attached hydrogens (tertiary/aromatic N) is 6. The van der Waals surface area contributed by atoms with Crippen LogP contribution in [-0.2, 0) is 16.6 Å². The SMILES string of the molecule is COc1cc2c(cc1NC(=O)c1ccccc1F)=C[N+](=C1CCC(CN(C)C3CCN(c4cccc5c4n(C)c(=O)n5C4CCC(=O)NC4=O)CC3)CC1)N=2. The molecule has 3 aliphatic heterocycles. The highest BCUT2D eigenvalue weighted by molar-refractivity contribution is 6.05. The average molecular weight is 750 g/mol. The lowest BCUT2D eigenvalue weighted by Gasteiger charge is -2.39. The molecule has 55 heavy (non-hydrogen) atoms. The van der Waals surface area contributed by atoms with Crippen molar-refractivity contribution in [3.63, 3.8) is 0 Å². The molecule has 4 aromatic rings. The number of imide groups is 1. The zero-order valence-electron chi connectivity index (χ0n) is 31.4. The van der Waals surface area contributed by atoms with Crippen LogP contribution in [0.4, 0.5) is 15.8 Å². The Balaban J connectivity index is 0.884.